The molecule has 134 valence electrons. The van der Waals surface area contributed by atoms with Crippen molar-refractivity contribution in [3.63, 3.8) is 0 Å². The van der Waals surface area contributed by atoms with Crippen LogP contribution in [0.5, 0.6) is 0 Å². The highest BCUT2D eigenvalue weighted by molar-refractivity contribution is 7.18. The average Bonchev–Trinajstić information content (AvgIpc) is 3.05. The van der Waals surface area contributed by atoms with E-state index in [4.69, 9.17) is 4.74 Å². The van der Waals surface area contributed by atoms with Gasteiger partial charge in [-0.2, -0.15) is 0 Å². The number of aromatic nitrogens is 1. The number of aryl methyl sites for hydroxylation is 1. The number of hydrogen-bond donors (Lipinski definition) is 1. The Hall–Kier alpha value is -2.80. The number of esters is 1. The van der Waals surface area contributed by atoms with Crippen molar-refractivity contribution >= 4 is 39.1 Å². The van der Waals surface area contributed by atoms with Crippen LogP contribution in [-0.2, 0) is 20.7 Å². The first-order valence-corrected chi connectivity index (χ1v) is 8.93. The highest BCUT2D eigenvalue weighted by Crippen LogP contribution is 2.22. The first-order valence-electron chi connectivity index (χ1n) is 8.11. The number of fused-ring (bicyclic) bond motifs is 1. The molecular formula is C19H17FN2O3S. The lowest BCUT2D eigenvalue weighted by Gasteiger charge is -2.13. The fraction of sp³-hybridized carbons (Fsp3) is 0.211. The summed E-state index contributed by atoms with van der Waals surface area (Å²) in [4.78, 5) is 28.5. The maximum Gasteiger partial charge on any atom is 0.306 e. The van der Waals surface area contributed by atoms with Gasteiger partial charge in [0, 0.05) is 12.1 Å². The largest absolute Gasteiger partial charge is 0.453 e. The third-order valence-electron chi connectivity index (χ3n) is 3.67. The molecular weight excluding hydrogens is 355 g/mol. The number of carbonyl (C=O) groups is 2. The van der Waals surface area contributed by atoms with E-state index in [1.54, 1.807) is 0 Å². The minimum absolute atomic E-state index is 0.147. The quantitative estimate of drug-likeness (QED) is 0.666. The molecule has 0 saturated heterocycles. The van der Waals surface area contributed by atoms with Crippen LogP contribution in [-0.4, -0.2) is 23.0 Å². The zero-order valence-corrected chi connectivity index (χ0v) is 14.9. The Bertz CT molecular complexity index is 891. The van der Waals surface area contributed by atoms with Crippen molar-refractivity contribution in [2.24, 2.45) is 0 Å². The van der Waals surface area contributed by atoms with Crippen molar-refractivity contribution in [3.8, 4) is 0 Å². The molecule has 3 rings (SSSR count). The van der Waals surface area contributed by atoms with Gasteiger partial charge >= 0.3 is 5.97 Å². The summed E-state index contributed by atoms with van der Waals surface area (Å²) in [6, 6.07) is 13.1. The molecule has 0 aliphatic heterocycles. The standard InChI is InChI=1S/C19H17FN2O3S/c1-12(19(24)21-14-8-6-13(20)7-9-14)25-18(23)11-10-17-22-15-4-2-3-5-16(15)26-17/h2-9,12H,10-11H2,1H3,(H,21,24)/t12-/m1/s1. The van der Waals surface area contributed by atoms with Crippen LogP contribution < -0.4 is 5.32 Å². The molecule has 0 aliphatic carbocycles. The lowest BCUT2D eigenvalue weighted by molar-refractivity contribution is -0.153. The van der Waals surface area contributed by atoms with Crippen LogP contribution in [0.3, 0.4) is 0 Å². The molecule has 5 nitrogen and oxygen atoms in total. The number of amides is 1. The molecule has 1 amide bonds. The first-order chi connectivity index (χ1) is 12.5. The molecule has 0 radical (unpaired) electrons. The van der Waals surface area contributed by atoms with Crippen molar-refractivity contribution in [2.45, 2.75) is 25.9 Å². The van der Waals surface area contributed by atoms with E-state index in [2.05, 4.69) is 10.3 Å². The topological polar surface area (TPSA) is 68.3 Å². The molecule has 1 atom stereocenters. The maximum atomic E-state index is 12.9. The summed E-state index contributed by atoms with van der Waals surface area (Å²) in [6.07, 6.45) is -0.332. The highest BCUT2D eigenvalue weighted by Gasteiger charge is 2.18. The fourth-order valence-corrected chi connectivity index (χ4v) is 3.29. The Labute approximate surface area is 153 Å². The number of thiazole rings is 1. The fourth-order valence-electron chi connectivity index (χ4n) is 2.32. The normalized spacial score (nSPS) is 11.9. The number of para-hydroxylation sites is 1. The van der Waals surface area contributed by atoms with Gasteiger partial charge in [0.05, 0.1) is 21.6 Å². The molecule has 0 unspecified atom stereocenters. The van der Waals surface area contributed by atoms with Crippen LogP contribution in [0.1, 0.15) is 18.4 Å². The zero-order valence-electron chi connectivity index (χ0n) is 14.1. The summed E-state index contributed by atoms with van der Waals surface area (Å²) in [5.41, 5.74) is 1.35. The summed E-state index contributed by atoms with van der Waals surface area (Å²) < 4.78 is 19.1. The molecule has 1 N–H and O–H groups in total. The highest BCUT2D eigenvalue weighted by atomic mass is 32.1. The molecule has 3 aromatic rings. The predicted molar refractivity (Wildman–Crippen MR) is 98.5 cm³/mol. The third kappa shape index (κ3) is 4.64. The number of benzene rings is 2. The van der Waals surface area contributed by atoms with Gasteiger partial charge in [-0.3, -0.25) is 9.59 Å². The van der Waals surface area contributed by atoms with E-state index in [9.17, 15) is 14.0 Å². The Morgan fingerprint density at radius 2 is 1.92 bits per heavy atom. The van der Waals surface area contributed by atoms with Crippen molar-refractivity contribution < 1.29 is 18.7 Å². The molecule has 0 aliphatic rings. The molecule has 7 heteroatoms. The Morgan fingerprint density at radius 3 is 2.65 bits per heavy atom. The molecule has 0 spiro atoms. The van der Waals surface area contributed by atoms with E-state index in [0.717, 1.165) is 15.2 Å². The molecule has 26 heavy (non-hydrogen) atoms. The minimum atomic E-state index is -0.942. The van der Waals surface area contributed by atoms with E-state index in [1.807, 2.05) is 24.3 Å². The SMILES string of the molecule is C[C@@H](OC(=O)CCc1nc2ccccc2s1)C(=O)Nc1ccc(F)cc1. The minimum Gasteiger partial charge on any atom is -0.453 e. The van der Waals surface area contributed by atoms with Crippen LogP contribution in [0, 0.1) is 5.82 Å². The maximum absolute atomic E-state index is 12.9. The van der Waals surface area contributed by atoms with Gasteiger partial charge in [-0.05, 0) is 43.3 Å². The summed E-state index contributed by atoms with van der Waals surface area (Å²) in [5, 5.41) is 3.43. The summed E-state index contributed by atoms with van der Waals surface area (Å²) in [6.45, 7) is 1.49. The smallest absolute Gasteiger partial charge is 0.306 e. The van der Waals surface area contributed by atoms with Gasteiger partial charge in [0.25, 0.3) is 5.91 Å². The summed E-state index contributed by atoms with van der Waals surface area (Å²) in [7, 11) is 0. The molecule has 0 saturated carbocycles. The van der Waals surface area contributed by atoms with E-state index < -0.39 is 23.8 Å². The number of nitrogens with zero attached hydrogens (tertiary/aromatic N) is 1. The first kappa shape index (κ1) is 18.0. The van der Waals surface area contributed by atoms with Crippen LogP contribution in [0.25, 0.3) is 10.2 Å². The number of hydrogen-bond acceptors (Lipinski definition) is 5. The van der Waals surface area contributed by atoms with Crippen LogP contribution in [0.2, 0.25) is 0 Å². The molecule has 0 bridgehead atoms. The van der Waals surface area contributed by atoms with Gasteiger partial charge in [-0.1, -0.05) is 12.1 Å². The van der Waals surface area contributed by atoms with Crippen molar-refractivity contribution in [1.82, 2.24) is 4.98 Å². The second kappa shape index (κ2) is 8.05. The molecule has 0 fully saturated rings. The van der Waals surface area contributed by atoms with Gasteiger partial charge in [0.1, 0.15) is 5.82 Å². The zero-order chi connectivity index (χ0) is 18.5. The number of ether oxygens (including phenoxy) is 1. The van der Waals surface area contributed by atoms with E-state index >= 15 is 0 Å². The van der Waals surface area contributed by atoms with Gasteiger partial charge in [0.15, 0.2) is 6.10 Å². The Morgan fingerprint density at radius 1 is 1.19 bits per heavy atom. The average molecular weight is 372 g/mol. The third-order valence-corrected chi connectivity index (χ3v) is 4.77. The number of anilines is 1. The second-order valence-electron chi connectivity index (χ2n) is 5.70. The van der Waals surface area contributed by atoms with Crippen molar-refractivity contribution in [1.29, 1.82) is 0 Å². The van der Waals surface area contributed by atoms with Crippen LogP contribution >= 0.6 is 11.3 Å². The van der Waals surface area contributed by atoms with Gasteiger partial charge in [0.2, 0.25) is 0 Å². The lowest BCUT2D eigenvalue weighted by atomic mass is 10.3. The number of rotatable bonds is 6. The lowest BCUT2D eigenvalue weighted by Crippen LogP contribution is -2.30. The van der Waals surface area contributed by atoms with Gasteiger partial charge in [-0.15, -0.1) is 11.3 Å². The predicted octanol–water partition coefficient (Wildman–Crippen LogP) is 3.94. The number of halogens is 1. The summed E-state index contributed by atoms with van der Waals surface area (Å²) in [5.74, 6) is -1.33. The van der Waals surface area contributed by atoms with Crippen LogP contribution in [0.15, 0.2) is 48.5 Å². The monoisotopic (exact) mass is 372 g/mol. The second-order valence-corrected chi connectivity index (χ2v) is 6.82. The van der Waals surface area contributed by atoms with Crippen LogP contribution in [0.4, 0.5) is 10.1 Å². The number of nitrogens with one attached hydrogen (secondary N) is 1. The van der Waals surface area contributed by atoms with Crippen molar-refractivity contribution in [2.75, 3.05) is 5.32 Å². The van der Waals surface area contributed by atoms with E-state index in [1.165, 1.54) is 42.5 Å². The van der Waals surface area contributed by atoms with E-state index in [0.29, 0.717) is 12.1 Å². The molecule has 1 heterocycles. The van der Waals surface area contributed by atoms with E-state index in [-0.39, 0.29) is 6.42 Å². The van der Waals surface area contributed by atoms with Gasteiger partial charge < -0.3 is 10.1 Å². The van der Waals surface area contributed by atoms with Crippen molar-refractivity contribution in [3.05, 3.63) is 59.4 Å². The summed E-state index contributed by atoms with van der Waals surface area (Å²) >= 11 is 1.54. The molecule has 2 aromatic carbocycles. The Kier molecular flexibility index (Phi) is 5.58. The van der Waals surface area contributed by atoms with Gasteiger partial charge in [-0.25, -0.2) is 9.37 Å². The molecule has 1 aromatic heterocycles. The number of carbonyl (C=O) groups excluding carboxylic acids is 2. The Balaban J connectivity index is 1.48.